The highest BCUT2D eigenvalue weighted by Gasteiger charge is 2.31. The normalized spacial score (nSPS) is 13.7. The van der Waals surface area contributed by atoms with Gasteiger partial charge in [-0.1, -0.05) is 36.2 Å². The zero-order valence-corrected chi connectivity index (χ0v) is 12.2. The molecule has 1 atom stereocenters. The van der Waals surface area contributed by atoms with E-state index in [4.69, 9.17) is 28.3 Å². The zero-order valence-electron chi connectivity index (χ0n) is 10.7. The minimum absolute atomic E-state index is 0.0131. The number of amides is 1. The van der Waals surface area contributed by atoms with Crippen LogP contribution in [0.1, 0.15) is 30.6 Å². The Hall–Kier alpha value is -1.26. The van der Waals surface area contributed by atoms with Crippen molar-refractivity contribution in [3.63, 3.8) is 0 Å². The van der Waals surface area contributed by atoms with Crippen LogP contribution in [0.3, 0.4) is 0 Å². The topological polar surface area (TPSA) is 66.4 Å². The molecule has 0 heterocycles. The van der Waals surface area contributed by atoms with Crippen molar-refractivity contribution in [3.8, 4) is 0 Å². The van der Waals surface area contributed by atoms with Crippen molar-refractivity contribution in [1.29, 1.82) is 0 Å². The predicted octanol–water partition coefficient (Wildman–Crippen LogP) is 3.22. The number of carboxylic acid groups (broad SMARTS) is 1. The number of aliphatic carboxylic acids is 1. The largest absolute Gasteiger partial charge is 0.481 e. The Balaban J connectivity index is 2.84. The third-order valence-corrected chi connectivity index (χ3v) is 3.76. The number of halogens is 2. The van der Waals surface area contributed by atoms with Crippen molar-refractivity contribution < 1.29 is 14.7 Å². The Bertz CT molecular complexity index is 484. The second kappa shape index (κ2) is 6.26. The third-order valence-electron chi connectivity index (χ3n) is 3.13. The van der Waals surface area contributed by atoms with Crippen molar-refractivity contribution in [2.75, 3.05) is 6.54 Å². The van der Waals surface area contributed by atoms with Crippen LogP contribution in [0.25, 0.3) is 0 Å². The first kappa shape index (κ1) is 15.8. The van der Waals surface area contributed by atoms with Gasteiger partial charge >= 0.3 is 5.97 Å². The average molecular weight is 304 g/mol. The summed E-state index contributed by atoms with van der Waals surface area (Å²) in [6.45, 7) is 3.34. The van der Waals surface area contributed by atoms with E-state index in [2.05, 4.69) is 5.32 Å². The second-order valence-electron chi connectivity index (χ2n) is 4.50. The van der Waals surface area contributed by atoms with Crippen LogP contribution in [0.4, 0.5) is 0 Å². The molecule has 2 N–H and O–H groups in total. The SMILES string of the molecule is CCC(C)(CNC(=O)c1c(Cl)cccc1Cl)C(=O)O. The lowest BCUT2D eigenvalue weighted by atomic mass is 9.87. The number of nitrogens with one attached hydrogen (secondary N) is 1. The molecular weight excluding hydrogens is 289 g/mol. The number of carboxylic acids is 1. The summed E-state index contributed by atoms with van der Waals surface area (Å²) in [5.41, 5.74) is -0.849. The summed E-state index contributed by atoms with van der Waals surface area (Å²) >= 11 is 11.8. The molecule has 0 fully saturated rings. The van der Waals surface area contributed by atoms with Gasteiger partial charge in [0.05, 0.1) is 21.0 Å². The molecule has 0 aliphatic carbocycles. The fraction of sp³-hybridized carbons (Fsp3) is 0.385. The molecule has 0 radical (unpaired) electrons. The molecule has 6 heteroatoms. The molecule has 104 valence electrons. The van der Waals surface area contributed by atoms with E-state index in [1.54, 1.807) is 32.0 Å². The van der Waals surface area contributed by atoms with Crippen molar-refractivity contribution in [1.82, 2.24) is 5.32 Å². The van der Waals surface area contributed by atoms with Crippen LogP contribution < -0.4 is 5.32 Å². The lowest BCUT2D eigenvalue weighted by Gasteiger charge is -2.23. The van der Waals surface area contributed by atoms with E-state index in [-0.39, 0.29) is 22.2 Å². The Morgan fingerprint density at radius 2 is 1.84 bits per heavy atom. The highest BCUT2D eigenvalue weighted by atomic mass is 35.5. The number of hydrogen-bond donors (Lipinski definition) is 2. The van der Waals surface area contributed by atoms with Gasteiger partial charge in [-0.2, -0.15) is 0 Å². The summed E-state index contributed by atoms with van der Waals surface area (Å²) in [6.07, 6.45) is 0.402. The summed E-state index contributed by atoms with van der Waals surface area (Å²) in [5.74, 6) is -1.43. The third kappa shape index (κ3) is 3.61. The van der Waals surface area contributed by atoms with Crippen LogP contribution in [0.2, 0.25) is 10.0 Å². The van der Waals surface area contributed by atoms with Crippen LogP contribution in [-0.4, -0.2) is 23.5 Å². The molecule has 0 aromatic heterocycles. The zero-order chi connectivity index (χ0) is 14.6. The molecule has 0 saturated heterocycles. The predicted molar refractivity (Wildman–Crippen MR) is 74.8 cm³/mol. The van der Waals surface area contributed by atoms with Gasteiger partial charge in [-0.3, -0.25) is 9.59 Å². The molecule has 1 unspecified atom stereocenters. The molecule has 0 bridgehead atoms. The number of carbonyl (C=O) groups excluding carboxylic acids is 1. The summed E-state index contributed by atoms with van der Waals surface area (Å²) in [7, 11) is 0. The maximum Gasteiger partial charge on any atom is 0.311 e. The van der Waals surface area contributed by atoms with E-state index >= 15 is 0 Å². The minimum Gasteiger partial charge on any atom is -0.481 e. The molecule has 0 aliphatic heterocycles. The molecule has 1 aromatic rings. The van der Waals surface area contributed by atoms with Gasteiger partial charge in [-0.15, -0.1) is 0 Å². The van der Waals surface area contributed by atoms with E-state index in [9.17, 15) is 9.59 Å². The summed E-state index contributed by atoms with van der Waals surface area (Å²) in [4.78, 5) is 23.1. The van der Waals surface area contributed by atoms with Crippen molar-refractivity contribution >= 4 is 35.1 Å². The molecule has 0 spiro atoms. The van der Waals surface area contributed by atoms with Gasteiger partial charge in [-0.05, 0) is 25.5 Å². The van der Waals surface area contributed by atoms with Crippen LogP contribution in [0, 0.1) is 5.41 Å². The van der Waals surface area contributed by atoms with E-state index in [1.807, 2.05) is 0 Å². The van der Waals surface area contributed by atoms with Crippen LogP contribution in [0.5, 0.6) is 0 Å². The van der Waals surface area contributed by atoms with Crippen LogP contribution in [-0.2, 0) is 4.79 Å². The van der Waals surface area contributed by atoms with Gasteiger partial charge in [0.15, 0.2) is 0 Å². The first-order chi connectivity index (χ1) is 8.81. The fourth-order valence-corrected chi connectivity index (χ4v) is 2.00. The average Bonchev–Trinajstić information content (AvgIpc) is 2.35. The Kier molecular flexibility index (Phi) is 5.20. The first-order valence-corrected chi connectivity index (χ1v) is 6.53. The van der Waals surface area contributed by atoms with Gasteiger partial charge in [0.1, 0.15) is 0 Å². The second-order valence-corrected chi connectivity index (χ2v) is 5.31. The lowest BCUT2D eigenvalue weighted by molar-refractivity contribution is -0.147. The van der Waals surface area contributed by atoms with Gasteiger partial charge < -0.3 is 10.4 Å². The van der Waals surface area contributed by atoms with Gasteiger partial charge in [0, 0.05) is 6.54 Å². The van der Waals surface area contributed by atoms with E-state index in [0.29, 0.717) is 6.42 Å². The summed E-state index contributed by atoms with van der Waals surface area (Å²) < 4.78 is 0. The Morgan fingerprint density at radius 1 is 1.32 bits per heavy atom. The Labute approximate surface area is 121 Å². The van der Waals surface area contributed by atoms with Crippen LogP contribution >= 0.6 is 23.2 Å². The highest BCUT2D eigenvalue weighted by molar-refractivity contribution is 6.39. The maximum absolute atomic E-state index is 12.0. The van der Waals surface area contributed by atoms with E-state index < -0.39 is 17.3 Å². The van der Waals surface area contributed by atoms with E-state index in [1.165, 1.54) is 0 Å². The number of benzene rings is 1. The first-order valence-electron chi connectivity index (χ1n) is 5.77. The molecule has 1 rings (SSSR count). The standard InChI is InChI=1S/C13H15Cl2NO3/c1-3-13(2,12(18)19)7-16-11(17)10-8(14)5-4-6-9(10)15/h4-6H,3,7H2,1-2H3,(H,16,17)(H,18,19). The minimum atomic E-state index is -1.01. The van der Waals surface area contributed by atoms with Crippen molar-refractivity contribution in [2.45, 2.75) is 20.3 Å². The highest BCUT2D eigenvalue weighted by Crippen LogP contribution is 2.25. The molecule has 0 saturated carbocycles. The number of hydrogen-bond acceptors (Lipinski definition) is 2. The smallest absolute Gasteiger partial charge is 0.311 e. The summed E-state index contributed by atoms with van der Waals surface area (Å²) in [6, 6.07) is 4.74. The summed E-state index contributed by atoms with van der Waals surface area (Å²) in [5, 5.41) is 12.2. The lowest BCUT2D eigenvalue weighted by Crippen LogP contribution is -2.40. The van der Waals surface area contributed by atoms with Gasteiger partial charge in [0.25, 0.3) is 5.91 Å². The maximum atomic E-state index is 12.0. The van der Waals surface area contributed by atoms with Gasteiger partial charge in [-0.25, -0.2) is 0 Å². The molecule has 4 nitrogen and oxygen atoms in total. The molecule has 0 aliphatic rings. The monoisotopic (exact) mass is 303 g/mol. The number of carbonyl (C=O) groups is 2. The van der Waals surface area contributed by atoms with Crippen molar-refractivity contribution in [3.05, 3.63) is 33.8 Å². The number of rotatable bonds is 5. The van der Waals surface area contributed by atoms with Gasteiger partial charge in [0.2, 0.25) is 0 Å². The molecule has 19 heavy (non-hydrogen) atoms. The quantitative estimate of drug-likeness (QED) is 0.877. The molecule has 1 aromatic carbocycles. The fourth-order valence-electron chi connectivity index (χ4n) is 1.43. The Morgan fingerprint density at radius 3 is 2.26 bits per heavy atom. The van der Waals surface area contributed by atoms with Crippen molar-refractivity contribution in [2.24, 2.45) is 5.41 Å². The van der Waals surface area contributed by atoms with E-state index in [0.717, 1.165) is 0 Å². The molecule has 1 amide bonds. The molecular formula is C13H15Cl2NO3. The van der Waals surface area contributed by atoms with Crippen LogP contribution in [0.15, 0.2) is 18.2 Å².